The average Bonchev–Trinajstić information content (AvgIpc) is 3.38. The van der Waals surface area contributed by atoms with Crippen molar-refractivity contribution in [3.8, 4) is 22.8 Å². The zero-order valence-electron chi connectivity index (χ0n) is 22.5. The van der Waals surface area contributed by atoms with Gasteiger partial charge >= 0.3 is 0 Å². The summed E-state index contributed by atoms with van der Waals surface area (Å²) in [4.78, 5) is 23.2. The lowest BCUT2D eigenvalue weighted by Gasteiger charge is -2.33. The number of carbonyl (C=O) groups is 1. The summed E-state index contributed by atoms with van der Waals surface area (Å²) in [5.74, 6) is -1.30. The van der Waals surface area contributed by atoms with Gasteiger partial charge in [0.1, 0.15) is 11.6 Å². The molecule has 0 saturated carbocycles. The predicted molar refractivity (Wildman–Crippen MR) is 146 cm³/mol. The Morgan fingerprint density at radius 3 is 2.55 bits per heavy atom. The van der Waals surface area contributed by atoms with Crippen molar-refractivity contribution in [1.29, 1.82) is 0 Å². The first kappa shape index (κ1) is 27.5. The molecule has 0 radical (unpaired) electrons. The summed E-state index contributed by atoms with van der Waals surface area (Å²) in [5, 5.41) is 7.56. The van der Waals surface area contributed by atoms with Crippen LogP contribution < -0.4 is 25.0 Å². The number of hydrogen-bond donors (Lipinski definition) is 2. The molecular weight excluding hydrogens is 524 g/mol. The van der Waals surface area contributed by atoms with Gasteiger partial charge in [-0.25, -0.2) is 18.7 Å². The second-order valence-electron chi connectivity index (χ2n) is 9.64. The smallest absolute Gasteiger partial charge is 0.243 e. The van der Waals surface area contributed by atoms with Crippen LogP contribution in [-0.2, 0) is 14.3 Å². The van der Waals surface area contributed by atoms with Gasteiger partial charge in [-0.3, -0.25) is 4.79 Å². The number of nitrogens with zero attached hydrogens (tertiary/aromatic N) is 3. The van der Waals surface area contributed by atoms with Crippen LogP contribution in [0.2, 0.25) is 0 Å². The number of morpholine rings is 1. The Hall–Kier alpha value is -4.03. The van der Waals surface area contributed by atoms with Gasteiger partial charge < -0.3 is 34.5 Å². The Kier molecular flexibility index (Phi) is 7.99. The highest BCUT2D eigenvalue weighted by molar-refractivity contribution is 5.96. The lowest BCUT2D eigenvalue weighted by atomic mass is 10.0. The fraction of sp³-hybridized carbons (Fsp3) is 0.393. The molecule has 1 amide bonds. The van der Waals surface area contributed by atoms with Gasteiger partial charge in [0.05, 0.1) is 63.5 Å². The lowest BCUT2D eigenvalue weighted by molar-refractivity contribution is -0.117. The highest BCUT2D eigenvalue weighted by Gasteiger charge is 2.30. The number of methoxy groups -OCH3 is 2. The van der Waals surface area contributed by atoms with Crippen molar-refractivity contribution in [3.63, 3.8) is 0 Å². The summed E-state index contributed by atoms with van der Waals surface area (Å²) in [6.07, 6.45) is 2.77. The first-order chi connectivity index (χ1) is 19.3. The molecule has 1 aromatic carbocycles. The normalized spacial score (nSPS) is 20.8. The Morgan fingerprint density at radius 2 is 1.88 bits per heavy atom. The number of fused-ring (bicyclic) bond motifs is 1. The number of hydrogen-bond acceptors (Lipinski definition) is 9. The molecule has 40 heavy (non-hydrogen) atoms. The number of halogens is 2. The minimum atomic E-state index is -0.881. The van der Waals surface area contributed by atoms with Crippen molar-refractivity contribution in [3.05, 3.63) is 48.7 Å². The zero-order valence-corrected chi connectivity index (χ0v) is 22.5. The monoisotopic (exact) mass is 555 g/mol. The summed E-state index contributed by atoms with van der Waals surface area (Å²) < 4.78 is 52.4. The second kappa shape index (κ2) is 11.6. The highest BCUT2D eigenvalue weighted by Crippen LogP contribution is 2.39. The van der Waals surface area contributed by atoms with Gasteiger partial charge in [0.15, 0.2) is 23.1 Å². The van der Waals surface area contributed by atoms with Gasteiger partial charge in [-0.2, -0.15) is 0 Å². The first-order valence-corrected chi connectivity index (χ1v) is 12.9. The number of benzene rings is 1. The summed E-state index contributed by atoms with van der Waals surface area (Å²) >= 11 is 0. The van der Waals surface area contributed by atoms with Crippen LogP contribution in [0.1, 0.15) is 6.92 Å². The van der Waals surface area contributed by atoms with Crippen LogP contribution in [0.15, 0.2) is 37.1 Å². The molecule has 5 rings (SSSR count). The van der Waals surface area contributed by atoms with E-state index in [0.29, 0.717) is 49.9 Å². The first-order valence-electron chi connectivity index (χ1n) is 12.9. The van der Waals surface area contributed by atoms with Crippen LogP contribution in [0.4, 0.5) is 20.4 Å². The Labute approximate surface area is 230 Å². The second-order valence-corrected chi connectivity index (χ2v) is 9.64. The van der Waals surface area contributed by atoms with E-state index >= 15 is 8.78 Å². The third kappa shape index (κ3) is 5.36. The SMILES string of the molecule is C=CC(=O)N[C@H]1COC[C@H]1Nc1cc2c(N3CCOC(C)C3)nc(-c3c(F)c(OC)cc(OC)c3F)cc2cn1. The Morgan fingerprint density at radius 1 is 1.15 bits per heavy atom. The minimum absolute atomic E-state index is 0.0658. The van der Waals surface area contributed by atoms with Crippen LogP contribution in [0.5, 0.6) is 11.5 Å². The summed E-state index contributed by atoms with van der Waals surface area (Å²) in [7, 11) is 2.60. The summed E-state index contributed by atoms with van der Waals surface area (Å²) in [5.41, 5.74) is -0.278. The number of ether oxygens (including phenoxy) is 4. The fourth-order valence-electron chi connectivity index (χ4n) is 4.97. The van der Waals surface area contributed by atoms with E-state index in [-0.39, 0.29) is 46.9 Å². The van der Waals surface area contributed by atoms with Gasteiger partial charge in [-0.15, -0.1) is 0 Å². The lowest BCUT2D eigenvalue weighted by Crippen LogP contribution is -2.45. The summed E-state index contributed by atoms with van der Waals surface area (Å²) in [6, 6.07) is 4.10. The van der Waals surface area contributed by atoms with E-state index in [1.807, 2.05) is 17.9 Å². The standard InChI is InChI=1S/C28H31F2N5O5/c1-5-24(36)33-20-14-39-13-19(20)32-23-9-17-16(11-31-23)8-18(34-28(17)35-6-7-40-15(2)12-35)25-26(29)21(37-3)10-22(38-4)27(25)30/h5,8-11,15,19-20H,1,6-7,12-14H2,2-4H3,(H,31,32)(H,33,36)/t15?,19-,20+/m1/s1. The number of aromatic nitrogens is 2. The Balaban J connectivity index is 1.60. The number of rotatable bonds is 8. The molecule has 2 aliphatic heterocycles. The molecule has 0 bridgehead atoms. The average molecular weight is 556 g/mol. The van der Waals surface area contributed by atoms with Gasteiger partial charge in [0, 0.05) is 36.1 Å². The molecule has 2 N–H and O–H groups in total. The molecule has 2 aliphatic rings. The molecule has 3 atom stereocenters. The van der Waals surface area contributed by atoms with E-state index in [4.69, 9.17) is 23.9 Å². The quantitative estimate of drug-likeness (QED) is 0.405. The van der Waals surface area contributed by atoms with E-state index in [9.17, 15) is 4.79 Å². The molecule has 4 heterocycles. The van der Waals surface area contributed by atoms with Crippen molar-refractivity contribution in [1.82, 2.24) is 15.3 Å². The number of carbonyl (C=O) groups excluding carboxylic acids is 1. The fourth-order valence-corrected chi connectivity index (χ4v) is 4.97. The number of nitrogens with one attached hydrogen (secondary N) is 2. The van der Waals surface area contributed by atoms with E-state index < -0.39 is 11.6 Å². The zero-order chi connectivity index (χ0) is 28.4. The number of anilines is 2. The Bertz CT molecular complexity index is 1410. The molecule has 0 aliphatic carbocycles. The molecular formula is C28H31F2N5O5. The van der Waals surface area contributed by atoms with E-state index in [0.717, 1.165) is 11.5 Å². The van der Waals surface area contributed by atoms with Crippen molar-refractivity contribution in [2.75, 3.05) is 57.3 Å². The van der Waals surface area contributed by atoms with Gasteiger partial charge in [0.2, 0.25) is 5.91 Å². The van der Waals surface area contributed by atoms with Gasteiger partial charge in [-0.1, -0.05) is 6.58 Å². The van der Waals surface area contributed by atoms with Crippen LogP contribution in [0, 0.1) is 11.6 Å². The molecule has 0 spiro atoms. The third-order valence-corrected chi connectivity index (χ3v) is 6.99. The third-order valence-electron chi connectivity index (χ3n) is 6.99. The van der Waals surface area contributed by atoms with Crippen LogP contribution in [0.25, 0.3) is 22.0 Å². The van der Waals surface area contributed by atoms with Crippen molar-refractivity contribution in [2.24, 2.45) is 0 Å². The largest absolute Gasteiger partial charge is 0.494 e. The molecule has 212 valence electrons. The van der Waals surface area contributed by atoms with Crippen molar-refractivity contribution >= 4 is 28.3 Å². The van der Waals surface area contributed by atoms with Crippen molar-refractivity contribution < 1.29 is 32.5 Å². The topological polar surface area (TPSA) is 107 Å². The molecule has 10 nitrogen and oxygen atoms in total. The van der Waals surface area contributed by atoms with E-state index in [2.05, 4.69) is 22.2 Å². The molecule has 2 saturated heterocycles. The molecule has 12 heteroatoms. The molecule has 2 aromatic heterocycles. The number of pyridine rings is 2. The summed E-state index contributed by atoms with van der Waals surface area (Å²) in [6.45, 7) is 7.74. The van der Waals surface area contributed by atoms with Gasteiger partial charge in [0.25, 0.3) is 0 Å². The molecule has 1 unspecified atom stereocenters. The maximum atomic E-state index is 15.4. The van der Waals surface area contributed by atoms with Gasteiger partial charge in [-0.05, 0) is 25.1 Å². The molecule has 3 aromatic rings. The van der Waals surface area contributed by atoms with Crippen LogP contribution in [0.3, 0.4) is 0 Å². The maximum absolute atomic E-state index is 15.4. The number of amides is 1. The van der Waals surface area contributed by atoms with Crippen molar-refractivity contribution in [2.45, 2.75) is 25.1 Å². The van der Waals surface area contributed by atoms with Crippen LogP contribution in [-0.4, -0.2) is 81.2 Å². The van der Waals surface area contributed by atoms with E-state index in [1.165, 1.54) is 20.3 Å². The highest BCUT2D eigenvalue weighted by atomic mass is 19.1. The predicted octanol–water partition coefficient (Wildman–Crippen LogP) is 3.30. The molecule has 2 fully saturated rings. The maximum Gasteiger partial charge on any atom is 0.243 e. The minimum Gasteiger partial charge on any atom is -0.494 e. The van der Waals surface area contributed by atoms with E-state index in [1.54, 1.807) is 12.3 Å². The van der Waals surface area contributed by atoms with Crippen LogP contribution >= 0.6 is 0 Å².